The average molecular weight is 342 g/mol. The van der Waals surface area contributed by atoms with Crippen molar-refractivity contribution in [2.75, 3.05) is 13.1 Å². The lowest BCUT2D eigenvalue weighted by molar-refractivity contribution is -0.130. The predicted molar refractivity (Wildman–Crippen MR) is 93.9 cm³/mol. The first kappa shape index (κ1) is 17.1. The Labute approximate surface area is 145 Å². The first-order valence-corrected chi connectivity index (χ1v) is 8.50. The van der Waals surface area contributed by atoms with Crippen molar-refractivity contribution in [1.82, 2.24) is 14.5 Å². The number of benzene rings is 1. The summed E-state index contributed by atoms with van der Waals surface area (Å²) in [4.78, 5) is 42.2. The van der Waals surface area contributed by atoms with Crippen LogP contribution in [0.4, 0.5) is 0 Å². The summed E-state index contributed by atoms with van der Waals surface area (Å²) in [6, 6.07) is 7.25. The van der Waals surface area contributed by atoms with E-state index in [1.807, 2.05) is 18.2 Å². The lowest BCUT2D eigenvalue weighted by Crippen LogP contribution is -2.32. The Morgan fingerprint density at radius 3 is 2.80 bits per heavy atom. The number of amides is 2. The van der Waals surface area contributed by atoms with Crippen LogP contribution in [-0.4, -0.2) is 39.4 Å². The number of nitrogens with zero attached hydrogens (tertiary/aromatic N) is 3. The van der Waals surface area contributed by atoms with Gasteiger partial charge in [-0.1, -0.05) is 12.1 Å². The minimum Gasteiger partial charge on any atom is -0.369 e. The van der Waals surface area contributed by atoms with Crippen molar-refractivity contribution in [3.05, 3.63) is 40.4 Å². The Morgan fingerprint density at radius 1 is 1.32 bits per heavy atom. The fourth-order valence-electron chi connectivity index (χ4n) is 3.31. The molecule has 7 heteroatoms. The first-order valence-electron chi connectivity index (χ1n) is 8.50. The number of hydrogen-bond acceptors (Lipinski definition) is 4. The lowest BCUT2D eigenvalue weighted by atomic mass is 10.1. The highest BCUT2D eigenvalue weighted by Gasteiger charge is 2.29. The molecule has 1 aliphatic heterocycles. The van der Waals surface area contributed by atoms with Gasteiger partial charge in [0.1, 0.15) is 5.82 Å². The maximum absolute atomic E-state index is 12.6. The topological polar surface area (TPSA) is 98.3 Å². The largest absolute Gasteiger partial charge is 0.369 e. The fraction of sp³-hybridized carbons (Fsp3) is 0.444. The SMILES string of the molecule is Cc1nc2ccccc2c(=O)n1CCCC(=O)N1CCC(C(N)=O)C1. The van der Waals surface area contributed by atoms with Crippen molar-refractivity contribution in [2.45, 2.75) is 32.7 Å². The van der Waals surface area contributed by atoms with Gasteiger partial charge >= 0.3 is 0 Å². The summed E-state index contributed by atoms with van der Waals surface area (Å²) in [5.41, 5.74) is 5.90. The number of nitrogens with two attached hydrogens (primary N) is 1. The van der Waals surface area contributed by atoms with Gasteiger partial charge in [0.05, 0.1) is 16.8 Å². The highest BCUT2D eigenvalue weighted by molar-refractivity contribution is 5.81. The molecule has 0 bridgehead atoms. The van der Waals surface area contributed by atoms with Crippen molar-refractivity contribution in [1.29, 1.82) is 0 Å². The summed E-state index contributed by atoms with van der Waals surface area (Å²) in [7, 11) is 0. The molecule has 1 saturated heterocycles. The van der Waals surface area contributed by atoms with Gasteiger partial charge in [-0.25, -0.2) is 4.98 Å². The fourth-order valence-corrected chi connectivity index (χ4v) is 3.31. The predicted octanol–water partition coefficient (Wildman–Crippen LogP) is 0.819. The van der Waals surface area contributed by atoms with Crippen LogP contribution < -0.4 is 11.3 Å². The van der Waals surface area contributed by atoms with Crippen LogP contribution in [0.15, 0.2) is 29.1 Å². The molecule has 1 unspecified atom stereocenters. The molecule has 2 amide bonds. The smallest absolute Gasteiger partial charge is 0.261 e. The van der Waals surface area contributed by atoms with Crippen LogP contribution in [0.25, 0.3) is 10.9 Å². The maximum Gasteiger partial charge on any atom is 0.261 e. The highest BCUT2D eigenvalue weighted by atomic mass is 16.2. The molecule has 1 aromatic carbocycles. The lowest BCUT2D eigenvalue weighted by Gasteiger charge is -2.16. The van der Waals surface area contributed by atoms with Crippen molar-refractivity contribution in [2.24, 2.45) is 11.7 Å². The van der Waals surface area contributed by atoms with E-state index in [2.05, 4.69) is 4.98 Å². The van der Waals surface area contributed by atoms with Gasteiger partial charge in [-0.15, -0.1) is 0 Å². The number of carbonyl (C=O) groups excluding carboxylic acids is 2. The highest BCUT2D eigenvalue weighted by Crippen LogP contribution is 2.17. The number of aromatic nitrogens is 2. The molecule has 25 heavy (non-hydrogen) atoms. The van der Waals surface area contributed by atoms with E-state index in [1.54, 1.807) is 22.5 Å². The quantitative estimate of drug-likeness (QED) is 0.869. The van der Waals surface area contributed by atoms with Gasteiger partial charge in [-0.05, 0) is 31.9 Å². The molecule has 1 fully saturated rings. The molecule has 2 N–H and O–H groups in total. The van der Waals surface area contributed by atoms with Crippen LogP contribution in [0, 0.1) is 12.8 Å². The van der Waals surface area contributed by atoms with Gasteiger partial charge in [-0.2, -0.15) is 0 Å². The summed E-state index contributed by atoms with van der Waals surface area (Å²) in [5, 5.41) is 0.586. The number of carbonyl (C=O) groups is 2. The van der Waals surface area contributed by atoms with E-state index in [0.717, 1.165) is 0 Å². The third-order valence-corrected chi connectivity index (χ3v) is 4.77. The Balaban J connectivity index is 1.63. The summed E-state index contributed by atoms with van der Waals surface area (Å²) in [6.45, 7) is 3.22. The zero-order valence-corrected chi connectivity index (χ0v) is 14.3. The van der Waals surface area contributed by atoms with Gasteiger partial charge in [0.25, 0.3) is 5.56 Å². The van der Waals surface area contributed by atoms with Crippen LogP contribution in [0.1, 0.15) is 25.1 Å². The number of rotatable bonds is 5. The number of fused-ring (bicyclic) bond motifs is 1. The molecule has 2 heterocycles. The van der Waals surface area contributed by atoms with Crippen LogP contribution in [-0.2, 0) is 16.1 Å². The zero-order valence-electron chi connectivity index (χ0n) is 14.3. The van der Waals surface area contributed by atoms with E-state index < -0.39 is 0 Å². The molecule has 1 aliphatic rings. The van der Waals surface area contributed by atoms with Crippen molar-refractivity contribution < 1.29 is 9.59 Å². The van der Waals surface area contributed by atoms with Crippen LogP contribution in [0.3, 0.4) is 0 Å². The number of aryl methyl sites for hydroxylation is 1. The summed E-state index contributed by atoms with van der Waals surface area (Å²) in [6.07, 6.45) is 1.52. The van der Waals surface area contributed by atoms with E-state index in [4.69, 9.17) is 5.73 Å². The molecule has 7 nitrogen and oxygen atoms in total. The van der Waals surface area contributed by atoms with Crippen molar-refractivity contribution in [3.8, 4) is 0 Å². The molecule has 1 aromatic heterocycles. The van der Waals surface area contributed by atoms with E-state index in [1.165, 1.54) is 0 Å². The standard InChI is InChI=1S/C18H22N4O3/c1-12-20-15-6-3-2-5-14(15)18(25)22(12)9-4-7-16(23)21-10-8-13(11-21)17(19)24/h2-3,5-6,13H,4,7-11H2,1H3,(H2,19,24). The van der Waals surface area contributed by atoms with E-state index in [0.29, 0.717) is 55.6 Å². The Kier molecular flexibility index (Phi) is 4.83. The molecule has 3 rings (SSSR count). The Morgan fingerprint density at radius 2 is 2.08 bits per heavy atom. The molecule has 0 radical (unpaired) electrons. The molecular weight excluding hydrogens is 320 g/mol. The number of likely N-dealkylation sites (tertiary alicyclic amines) is 1. The minimum absolute atomic E-state index is 0.00296. The number of para-hydroxylation sites is 1. The molecule has 0 aliphatic carbocycles. The summed E-state index contributed by atoms with van der Waals surface area (Å²) < 4.78 is 1.62. The molecule has 132 valence electrons. The van der Waals surface area contributed by atoms with Gasteiger partial charge in [0.15, 0.2) is 0 Å². The normalized spacial score (nSPS) is 17.2. The second-order valence-electron chi connectivity index (χ2n) is 6.46. The zero-order chi connectivity index (χ0) is 18.0. The molecular formula is C18H22N4O3. The van der Waals surface area contributed by atoms with Gasteiger partial charge < -0.3 is 10.6 Å². The number of hydrogen-bond donors (Lipinski definition) is 1. The second-order valence-corrected chi connectivity index (χ2v) is 6.46. The monoisotopic (exact) mass is 342 g/mol. The molecule has 2 aromatic rings. The third-order valence-electron chi connectivity index (χ3n) is 4.77. The van der Waals surface area contributed by atoms with Gasteiger partial charge in [-0.3, -0.25) is 19.0 Å². The van der Waals surface area contributed by atoms with E-state index in [-0.39, 0.29) is 23.3 Å². The maximum atomic E-state index is 12.6. The van der Waals surface area contributed by atoms with Crippen LogP contribution in [0.5, 0.6) is 0 Å². The van der Waals surface area contributed by atoms with Crippen molar-refractivity contribution >= 4 is 22.7 Å². The average Bonchev–Trinajstić information content (AvgIpc) is 3.08. The van der Waals surface area contributed by atoms with E-state index >= 15 is 0 Å². The van der Waals surface area contributed by atoms with E-state index in [9.17, 15) is 14.4 Å². The van der Waals surface area contributed by atoms with Gasteiger partial charge in [0, 0.05) is 26.1 Å². The van der Waals surface area contributed by atoms with Gasteiger partial charge in [0.2, 0.25) is 11.8 Å². The molecule has 0 saturated carbocycles. The Bertz CT molecular complexity index is 874. The first-order chi connectivity index (χ1) is 12.0. The van der Waals surface area contributed by atoms with Crippen LogP contribution >= 0.6 is 0 Å². The molecule has 1 atom stereocenters. The third kappa shape index (κ3) is 3.55. The summed E-state index contributed by atoms with van der Waals surface area (Å²) >= 11 is 0. The minimum atomic E-state index is -0.347. The van der Waals surface area contributed by atoms with Crippen molar-refractivity contribution in [3.63, 3.8) is 0 Å². The summed E-state index contributed by atoms with van der Waals surface area (Å²) in [5.74, 6) is 0.0625. The second kappa shape index (κ2) is 7.04. The Hall–Kier alpha value is -2.70. The van der Waals surface area contributed by atoms with Crippen LogP contribution in [0.2, 0.25) is 0 Å². The molecule has 0 spiro atoms. The number of primary amides is 1.